The number of hydrogen-bond donors (Lipinski definition) is 1. The smallest absolute Gasteiger partial charge is 0.119 e. The molecule has 0 spiro atoms. The molecule has 0 saturated heterocycles. The van der Waals surface area contributed by atoms with Crippen LogP contribution in [0.25, 0.3) is 11.0 Å². The van der Waals surface area contributed by atoms with E-state index in [9.17, 15) is 5.11 Å². The molecule has 1 N–H and O–H groups in total. The molecular weight excluding hydrogens is 324 g/mol. The number of aromatic nitrogens is 2. The van der Waals surface area contributed by atoms with Crippen LogP contribution in [0.3, 0.4) is 0 Å². The first-order chi connectivity index (χ1) is 12.6. The number of aliphatic hydroxyl groups is 1. The van der Waals surface area contributed by atoms with E-state index in [0.717, 1.165) is 42.0 Å². The third-order valence-corrected chi connectivity index (χ3v) is 4.90. The first kappa shape index (κ1) is 18.5. The molecule has 0 saturated carbocycles. The summed E-state index contributed by atoms with van der Waals surface area (Å²) in [6.45, 7) is 7.99. The predicted octanol–water partition coefficient (Wildman–Crippen LogP) is 4.22. The highest BCUT2D eigenvalue weighted by molar-refractivity contribution is 5.78. The third kappa shape index (κ3) is 4.07. The summed E-state index contributed by atoms with van der Waals surface area (Å²) in [6.07, 6.45) is 2.51. The number of imidazole rings is 1. The zero-order valence-corrected chi connectivity index (χ0v) is 16.0. The molecule has 26 heavy (non-hydrogen) atoms. The van der Waals surface area contributed by atoms with Crippen LogP contribution < -0.4 is 4.74 Å². The van der Waals surface area contributed by atoms with E-state index in [2.05, 4.69) is 49.6 Å². The van der Waals surface area contributed by atoms with Crippen molar-refractivity contribution in [3.8, 4) is 5.75 Å². The molecule has 4 heteroatoms. The number of nitrogens with zero attached hydrogens (tertiary/aromatic N) is 2. The van der Waals surface area contributed by atoms with E-state index < -0.39 is 0 Å². The summed E-state index contributed by atoms with van der Waals surface area (Å²) in [6, 6.07) is 12.6. The van der Waals surface area contributed by atoms with Gasteiger partial charge in [0.25, 0.3) is 0 Å². The van der Waals surface area contributed by atoms with Crippen molar-refractivity contribution in [1.29, 1.82) is 0 Å². The highest BCUT2D eigenvalue weighted by atomic mass is 16.5. The Morgan fingerprint density at radius 2 is 1.81 bits per heavy atom. The number of aryl methyl sites for hydroxylation is 4. The average molecular weight is 352 g/mol. The molecule has 0 atom stereocenters. The number of hydrogen-bond acceptors (Lipinski definition) is 3. The Hall–Kier alpha value is -2.33. The molecule has 0 radical (unpaired) electrons. The summed E-state index contributed by atoms with van der Waals surface area (Å²) in [5, 5.41) is 9.36. The maximum atomic E-state index is 9.36. The fourth-order valence-corrected chi connectivity index (χ4v) is 3.20. The summed E-state index contributed by atoms with van der Waals surface area (Å²) >= 11 is 0. The van der Waals surface area contributed by atoms with Crippen molar-refractivity contribution in [2.24, 2.45) is 0 Å². The second-order valence-corrected chi connectivity index (χ2v) is 6.78. The molecule has 1 heterocycles. The van der Waals surface area contributed by atoms with Crippen LogP contribution in [0.15, 0.2) is 36.4 Å². The minimum absolute atomic E-state index is 0.113. The lowest BCUT2D eigenvalue weighted by atomic mass is 10.1. The van der Waals surface area contributed by atoms with E-state index in [1.165, 1.54) is 16.7 Å². The van der Waals surface area contributed by atoms with Gasteiger partial charge >= 0.3 is 0 Å². The standard InChI is InChI=1S/C22H28N2O2/c1-4-18-6-8-19(9-7-18)26-13-5-11-24-21-15-17(3)16(2)14-20(21)23-22(24)10-12-25/h6-9,14-15,25H,4-5,10-13H2,1-3H3. The predicted molar refractivity (Wildman–Crippen MR) is 106 cm³/mol. The van der Waals surface area contributed by atoms with Gasteiger partial charge in [0.05, 0.1) is 24.2 Å². The first-order valence-electron chi connectivity index (χ1n) is 9.41. The van der Waals surface area contributed by atoms with Crippen molar-refractivity contribution in [1.82, 2.24) is 9.55 Å². The van der Waals surface area contributed by atoms with E-state index in [1.54, 1.807) is 0 Å². The van der Waals surface area contributed by atoms with Crippen LogP contribution in [-0.4, -0.2) is 27.9 Å². The second kappa shape index (κ2) is 8.37. The fourth-order valence-electron chi connectivity index (χ4n) is 3.20. The second-order valence-electron chi connectivity index (χ2n) is 6.78. The van der Waals surface area contributed by atoms with Gasteiger partial charge in [-0.25, -0.2) is 4.98 Å². The van der Waals surface area contributed by atoms with Gasteiger partial charge in [-0.05, 0) is 67.6 Å². The Morgan fingerprint density at radius 3 is 2.50 bits per heavy atom. The van der Waals surface area contributed by atoms with Gasteiger partial charge in [-0.3, -0.25) is 0 Å². The molecule has 0 amide bonds. The van der Waals surface area contributed by atoms with Gasteiger partial charge in [0.15, 0.2) is 0 Å². The molecule has 3 rings (SSSR count). The maximum Gasteiger partial charge on any atom is 0.119 e. The van der Waals surface area contributed by atoms with Crippen molar-refractivity contribution in [2.45, 2.75) is 46.6 Å². The van der Waals surface area contributed by atoms with Gasteiger partial charge < -0.3 is 14.4 Å². The zero-order chi connectivity index (χ0) is 18.5. The monoisotopic (exact) mass is 352 g/mol. The summed E-state index contributed by atoms with van der Waals surface area (Å²) in [7, 11) is 0. The van der Waals surface area contributed by atoms with E-state index in [-0.39, 0.29) is 6.61 Å². The van der Waals surface area contributed by atoms with Crippen LogP contribution >= 0.6 is 0 Å². The van der Waals surface area contributed by atoms with E-state index in [1.807, 2.05) is 12.1 Å². The van der Waals surface area contributed by atoms with Gasteiger partial charge in [0, 0.05) is 13.0 Å². The number of rotatable bonds is 8. The molecule has 4 nitrogen and oxygen atoms in total. The summed E-state index contributed by atoms with van der Waals surface area (Å²) in [5.74, 6) is 1.86. The van der Waals surface area contributed by atoms with Crippen molar-refractivity contribution >= 4 is 11.0 Å². The topological polar surface area (TPSA) is 47.3 Å². The third-order valence-electron chi connectivity index (χ3n) is 4.90. The molecular formula is C22H28N2O2. The highest BCUT2D eigenvalue weighted by Gasteiger charge is 2.11. The van der Waals surface area contributed by atoms with Crippen molar-refractivity contribution in [3.05, 3.63) is 58.9 Å². The minimum atomic E-state index is 0.113. The molecule has 0 aliphatic carbocycles. The molecule has 0 bridgehead atoms. The molecule has 0 unspecified atom stereocenters. The largest absolute Gasteiger partial charge is 0.494 e. The quantitative estimate of drug-likeness (QED) is 0.618. The molecule has 3 aromatic rings. The van der Waals surface area contributed by atoms with E-state index >= 15 is 0 Å². The Labute approximate surface area is 155 Å². The molecule has 138 valence electrons. The molecule has 2 aromatic carbocycles. The number of benzene rings is 2. The van der Waals surface area contributed by atoms with Crippen LogP contribution in [0.5, 0.6) is 5.75 Å². The lowest BCUT2D eigenvalue weighted by Crippen LogP contribution is -2.09. The molecule has 0 fully saturated rings. The van der Waals surface area contributed by atoms with E-state index in [0.29, 0.717) is 13.0 Å². The van der Waals surface area contributed by atoms with Gasteiger partial charge in [-0.1, -0.05) is 19.1 Å². The Morgan fingerprint density at radius 1 is 1.08 bits per heavy atom. The van der Waals surface area contributed by atoms with Gasteiger partial charge in [0.1, 0.15) is 11.6 Å². The first-order valence-corrected chi connectivity index (χ1v) is 9.41. The molecule has 0 aliphatic heterocycles. The highest BCUT2D eigenvalue weighted by Crippen LogP contribution is 2.22. The normalized spacial score (nSPS) is 11.2. The van der Waals surface area contributed by atoms with Crippen LogP contribution in [-0.2, 0) is 19.4 Å². The van der Waals surface area contributed by atoms with Crippen LogP contribution in [0, 0.1) is 13.8 Å². The average Bonchev–Trinajstić information content (AvgIpc) is 2.96. The Kier molecular flexibility index (Phi) is 5.94. The Balaban J connectivity index is 1.68. The van der Waals surface area contributed by atoms with E-state index in [4.69, 9.17) is 9.72 Å². The molecule has 0 aliphatic rings. The maximum absolute atomic E-state index is 9.36. The Bertz CT molecular complexity index is 866. The van der Waals surface area contributed by atoms with Crippen LogP contribution in [0.1, 0.15) is 35.9 Å². The number of fused-ring (bicyclic) bond motifs is 1. The zero-order valence-electron chi connectivity index (χ0n) is 16.0. The van der Waals surface area contributed by atoms with Gasteiger partial charge in [0.2, 0.25) is 0 Å². The summed E-state index contributed by atoms with van der Waals surface area (Å²) in [4.78, 5) is 4.72. The summed E-state index contributed by atoms with van der Waals surface area (Å²) in [5.41, 5.74) is 5.98. The number of aliphatic hydroxyl groups excluding tert-OH is 1. The van der Waals surface area contributed by atoms with Crippen molar-refractivity contribution < 1.29 is 9.84 Å². The van der Waals surface area contributed by atoms with Crippen LogP contribution in [0.2, 0.25) is 0 Å². The fraction of sp³-hybridized carbons (Fsp3) is 0.409. The van der Waals surface area contributed by atoms with Crippen molar-refractivity contribution in [3.63, 3.8) is 0 Å². The lowest BCUT2D eigenvalue weighted by molar-refractivity contribution is 0.289. The number of ether oxygens (including phenoxy) is 1. The lowest BCUT2D eigenvalue weighted by Gasteiger charge is -2.11. The minimum Gasteiger partial charge on any atom is -0.494 e. The SMILES string of the molecule is CCc1ccc(OCCCn2c(CCO)nc3cc(C)c(C)cc32)cc1. The molecule has 1 aromatic heterocycles. The van der Waals surface area contributed by atoms with Crippen LogP contribution in [0.4, 0.5) is 0 Å². The van der Waals surface area contributed by atoms with Gasteiger partial charge in [-0.2, -0.15) is 0 Å². The van der Waals surface area contributed by atoms with Crippen molar-refractivity contribution in [2.75, 3.05) is 13.2 Å². The summed E-state index contributed by atoms with van der Waals surface area (Å²) < 4.78 is 8.10. The van der Waals surface area contributed by atoms with Gasteiger partial charge in [-0.15, -0.1) is 0 Å².